The molecule has 140 valence electrons. The second kappa shape index (κ2) is 9.74. The second-order valence-electron chi connectivity index (χ2n) is 6.14. The first kappa shape index (κ1) is 20.5. The fourth-order valence-corrected chi connectivity index (χ4v) is 3.53. The Morgan fingerprint density at radius 1 is 1.12 bits per heavy atom. The van der Waals surface area contributed by atoms with Crippen molar-refractivity contribution in [1.29, 1.82) is 0 Å². The molecule has 1 amide bonds. The number of amides is 1. The Kier molecular flexibility index (Phi) is 7.66. The van der Waals surface area contributed by atoms with Crippen LogP contribution >= 0.6 is 15.9 Å². The lowest BCUT2D eigenvalue weighted by molar-refractivity contribution is -0.133. The Hall–Kier alpha value is -1.85. The van der Waals surface area contributed by atoms with Crippen LogP contribution in [0.3, 0.4) is 0 Å². The van der Waals surface area contributed by atoms with Gasteiger partial charge in [0.05, 0.1) is 11.6 Å². The number of nitrogens with zero attached hydrogens (tertiary/aromatic N) is 1. The van der Waals surface area contributed by atoms with Crippen LogP contribution in [0.4, 0.5) is 0 Å². The average Bonchev–Trinajstić information content (AvgIpc) is 2.67. The van der Waals surface area contributed by atoms with E-state index in [0.29, 0.717) is 13.1 Å². The van der Waals surface area contributed by atoms with E-state index in [-0.39, 0.29) is 18.0 Å². The van der Waals surface area contributed by atoms with Gasteiger partial charge in [0.25, 0.3) is 0 Å². The lowest BCUT2D eigenvalue weighted by Gasteiger charge is -2.29. The summed E-state index contributed by atoms with van der Waals surface area (Å²) in [4.78, 5) is 14.9. The van der Waals surface area contributed by atoms with Gasteiger partial charge in [-0.15, -0.1) is 0 Å². The average molecular weight is 419 g/mol. The Morgan fingerprint density at radius 3 is 2.31 bits per heavy atom. The number of methoxy groups -OCH3 is 1. The maximum atomic E-state index is 13.1. The van der Waals surface area contributed by atoms with Gasteiger partial charge in [-0.25, -0.2) is 0 Å². The highest BCUT2D eigenvalue weighted by atomic mass is 79.9. The van der Waals surface area contributed by atoms with E-state index >= 15 is 0 Å². The van der Waals surface area contributed by atoms with Crippen molar-refractivity contribution in [2.24, 2.45) is 0 Å². The number of hydrogen-bond donors (Lipinski definition) is 1. The highest BCUT2D eigenvalue weighted by Gasteiger charge is 2.26. The third-order valence-corrected chi connectivity index (χ3v) is 5.17. The molecule has 0 saturated carbocycles. The number of carbonyl (C=O) groups is 1. The topological polar surface area (TPSA) is 41.6 Å². The quantitative estimate of drug-likeness (QED) is 0.674. The van der Waals surface area contributed by atoms with Crippen LogP contribution in [0.15, 0.2) is 53.0 Å². The smallest absolute Gasteiger partial charge is 0.244 e. The van der Waals surface area contributed by atoms with Crippen molar-refractivity contribution in [3.63, 3.8) is 0 Å². The number of hydrogen-bond acceptors (Lipinski definition) is 3. The fourth-order valence-electron chi connectivity index (χ4n) is 2.97. The number of carbonyl (C=O) groups excluding carboxylic acids is 1. The van der Waals surface area contributed by atoms with Gasteiger partial charge in [-0.05, 0) is 60.0 Å². The molecule has 2 aromatic carbocycles. The van der Waals surface area contributed by atoms with Gasteiger partial charge in [-0.1, -0.05) is 36.4 Å². The third-order valence-electron chi connectivity index (χ3n) is 4.55. The third kappa shape index (κ3) is 4.86. The van der Waals surface area contributed by atoms with E-state index in [1.807, 2.05) is 67.3 Å². The van der Waals surface area contributed by atoms with Crippen molar-refractivity contribution in [3.8, 4) is 5.75 Å². The summed E-state index contributed by atoms with van der Waals surface area (Å²) < 4.78 is 6.20. The highest BCUT2D eigenvalue weighted by molar-refractivity contribution is 9.10. The lowest BCUT2D eigenvalue weighted by Crippen LogP contribution is -2.41. The number of benzene rings is 2. The Morgan fingerprint density at radius 2 is 1.77 bits per heavy atom. The molecule has 0 aliphatic carbocycles. The van der Waals surface area contributed by atoms with E-state index < -0.39 is 0 Å². The van der Waals surface area contributed by atoms with Crippen LogP contribution in [0, 0.1) is 0 Å². The Labute approximate surface area is 164 Å². The zero-order chi connectivity index (χ0) is 19.1. The molecule has 0 aliphatic heterocycles. The van der Waals surface area contributed by atoms with E-state index in [1.54, 1.807) is 7.11 Å². The summed E-state index contributed by atoms with van der Waals surface area (Å²) in [5.41, 5.74) is 2.06. The molecule has 0 aliphatic rings. The van der Waals surface area contributed by atoms with E-state index in [4.69, 9.17) is 4.74 Å². The summed E-state index contributed by atoms with van der Waals surface area (Å²) in [5.74, 6) is 0.889. The van der Waals surface area contributed by atoms with Crippen molar-refractivity contribution in [2.45, 2.75) is 32.9 Å². The zero-order valence-electron chi connectivity index (χ0n) is 15.8. The molecule has 5 heteroatoms. The molecule has 1 N–H and O–H groups in total. The Balaban J connectivity index is 2.28. The van der Waals surface area contributed by atoms with Gasteiger partial charge in [-0.3, -0.25) is 10.1 Å². The lowest BCUT2D eigenvalue weighted by atomic mass is 10.0. The molecule has 0 bridgehead atoms. The number of likely N-dealkylation sites (N-methyl/N-ethyl adjacent to an activating group) is 1. The summed E-state index contributed by atoms with van der Waals surface area (Å²) in [6.07, 6.45) is 0. The molecule has 0 radical (unpaired) electrons. The zero-order valence-corrected chi connectivity index (χ0v) is 17.4. The summed E-state index contributed by atoms with van der Waals surface area (Å²) in [5, 5.41) is 3.51. The molecule has 0 unspecified atom stereocenters. The summed E-state index contributed by atoms with van der Waals surface area (Å²) >= 11 is 3.53. The van der Waals surface area contributed by atoms with Crippen molar-refractivity contribution in [3.05, 3.63) is 64.1 Å². The van der Waals surface area contributed by atoms with Crippen LogP contribution in [0.2, 0.25) is 0 Å². The molecule has 2 aromatic rings. The van der Waals surface area contributed by atoms with Crippen LogP contribution < -0.4 is 10.1 Å². The summed E-state index contributed by atoms with van der Waals surface area (Å²) in [6, 6.07) is 15.5. The van der Waals surface area contributed by atoms with E-state index in [0.717, 1.165) is 21.3 Å². The molecule has 2 atom stereocenters. The molecular weight excluding hydrogens is 392 g/mol. The molecule has 0 heterocycles. The molecular formula is C21H27BrN2O2. The van der Waals surface area contributed by atoms with Gasteiger partial charge in [0, 0.05) is 19.1 Å². The minimum Gasteiger partial charge on any atom is -0.496 e. The van der Waals surface area contributed by atoms with Crippen LogP contribution in [-0.2, 0) is 4.79 Å². The number of rotatable bonds is 8. The minimum atomic E-state index is -0.382. The molecule has 26 heavy (non-hydrogen) atoms. The largest absolute Gasteiger partial charge is 0.496 e. The van der Waals surface area contributed by atoms with Crippen LogP contribution in [0.25, 0.3) is 0 Å². The van der Waals surface area contributed by atoms with E-state index in [9.17, 15) is 4.79 Å². The molecule has 0 spiro atoms. The standard InChI is InChI=1S/C21H27BrN2O2/c1-5-24(6-2)21(25)20(16-10-8-7-9-11-16)23-15(3)17-12-13-19(26-4)18(22)14-17/h7-15,20,23H,5-6H2,1-4H3/t15-,20-/m0/s1. The normalized spacial score (nSPS) is 13.1. The van der Waals surface area contributed by atoms with Crippen LogP contribution in [0.5, 0.6) is 5.75 Å². The second-order valence-corrected chi connectivity index (χ2v) is 6.99. The maximum absolute atomic E-state index is 13.1. The SMILES string of the molecule is CCN(CC)C(=O)[C@@H](N[C@@H](C)c1ccc(OC)c(Br)c1)c1ccccc1. The summed E-state index contributed by atoms with van der Waals surface area (Å²) in [6.45, 7) is 7.48. The number of ether oxygens (including phenoxy) is 1. The monoisotopic (exact) mass is 418 g/mol. The van der Waals surface area contributed by atoms with Crippen molar-refractivity contribution >= 4 is 21.8 Å². The summed E-state index contributed by atoms with van der Waals surface area (Å²) in [7, 11) is 1.65. The molecule has 2 rings (SSSR count). The first-order valence-electron chi connectivity index (χ1n) is 8.95. The number of nitrogens with one attached hydrogen (secondary N) is 1. The molecule has 0 aromatic heterocycles. The molecule has 0 saturated heterocycles. The molecule has 4 nitrogen and oxygen atoms in total. The van der Waals surface area contributed by atoms with Gasteiger partial charge in [0.15, 0.2) is 0 Å². The maximum Gasteiger partial charge on any atom is 0.244 e. The highest BCUT2D eigenvalue weighted by Crippen LogP contribution is 2.29. The first-order valence-corrected chi connectivity index (χ1v) is 9.74. The van der Waals surface area contributed by atoms with Gasteiger partial charge in [0.2, 0.25) is 5.91 Å². The van der Waals surface area contributed by atoms with E-state index in [1.165, 1.54) is 0 Å². The fraction of sp³-hybridized carbons (Fsp3) is 0.381. The number of halogens is 1. The first-order chi connectivity index (χ1) is 12.5. The van der Waals surface area contributed by atoms with E-state index in [2.05, 4.69) is 28.2 Å². The van der Waals surface area contributed by atoms with Crippen molar-refractivity contribution < 1.29 is 9.53 Å². The molecule has 0 fully saturated rings. The predicted molar refractivity (Wildman–Crippen MR) is 109 cm³/mol. The van der Waals surface area contributed by atoms with Gasteiger partial charge in [-0.2, -0.15) is 0 Å². The van der Waals surface area contributed by atoms with Gasteiger partial charge >= 0.3 is 0 Å². The Bertz CT molecular complexity index is 717. The predicted octanol–water partition coefficient (Wildman–Crippen LogP) is 4.72. The van der Waals surface area contributed by atoms with Gasteiger partial charge < -0.3 is 9.64 Å². The van der Waals surface area contributed by atoms with Crippen molar-refractivity contribution in [1.82, 2.24) is 10.2 Å². The van der Waals surface area contributed by atoms with Crippen molar-refractivity contribution in [2.75, 3.05) is 20.2 Å². The minimum absolute atomic E-state index is 0.00178. The van der Waals surface area contributed by atoms with Gasteiger partial charge in [0.1, 0.15) is 11.8 Å². The van der Waals surface area contributed by atoms with Crippen LogP contribution in [-0.4, -0.2) is 31.0 Å². The van der Waals surface area contributed by atoms with Crippen LogP contribution in [0.1, 0.15) is 44.0 Å².